The molecule has 0 bridgehead atoms. The molecule has 2 heteroatoms. The Morgan fingerprint density at radius 2 is 2.17 bits per heavy atom. The van der Waals surface area contributed by atoms with Gasteiger partial charge in [0.15, 0.2) is 0 Å². The first-order chi connectivity index (χ1) is 5.91. The Kier molecular flexibility index (Phi) is 10.2. The Hall–Kier alpha value is -0.450. The molecule has 68 valence electrons. The van der Waals surface area contributed by atoms with Crippen LogP contribution in [0.25, 0.3) is 0 Å². The van der Waals surface area contributed by atoms with Crippen LogP contribution in [0.5, 0.6) is 0 Å². The van der Waals surface area contributed by atoms with Crippen molar-refractivity contribution >= 4 is 11.6 Å². The highest BCUT2D eigenvalue weighted by Crippen LogP contribution is 1.89. The quantitative estimate of drug-likeness (QED) is 0.278. The summed E-state index contributed by atoms with van der Waals surface area (Å²) in [6.07, 6.45) is 5.85. The monoisotopic (exact) mass is 186 g/mol. The van der Waals surface area contributed by atoms with Crippen molar-refractivity contribution in [2.24, 2.45) is 0 Å². The van der Waals surface area contributed by atoms with E-state index in [1.165, 1.54) is 0 Å². The molecule has 0 heterocycles. The van der Waals surface area contributed by atoms with E-state index >= 15 is 0 Å². The maximum atomic E-state index is 5.44. The molecule has 0 rings (SSSR count). The molecule has 0 aromatic carbocycles. The van der Waals surface area contributed by atoms with Crippen molar-refractivity contribution in [2.45, 2.75) is 19.8 Å². The van der Waals surface area contributed by atoms with E-state index in [9.17, 15) is 0 Å². The number of ether oxygens (including phenoxy) is 1. The van der Waals surface area contributed by atoms with Crippen molar-refractivity contribution < 1.29 is 4.74 Å². The van der Waals surface area contributed by atoms with E-state index in [0.717, 1.165) is 19.4 Å². The van der Waals surface area contributed by atoms with E-state index in [-0.39, 0.29) is 0 Å². The van der Waals surface area contributed by atoms with Gasteiger partial charge in [-0.15, -0.1) is 17.5 Å². The summed E-state index contributed by atoms with van der Waals surface area (Å²) in [5.41, 5.74) is 0. The average molecular weight is 187 g/mol. The van der Waals surface area contributed by atoms with Gasteiger partial charge in [-0.05, 0) is 13.3 Å². The maximum Gasteiger partial charge on any atom is 0.107 e. The van der Waals surface area contributed by atoms with Crippen LogP contribution in [-0.4, -0.2) is 19.1 Å². The minimum atomic E-state index is 0.551. The molecule has 0 saturated heterocycles. The highest BCUT2D eigenvalue weighted by Gasteiger charge is 1.76. The van der Waals surface area contributed by atoms with Gasteiger partial charge in [-0.1, -0.05) is 18.1 Å². The van der Waals surface area contributed by atoms with Gasteiger partial charge in [-0.3, -0.25) is 0 Å². The summed E-state index contributed by atoms with van der Waals surface area (Å²) in [6.45, 7) is 3.25. The summed E-state index contributed by atoms with van der Waals surface area (Å²) in [5.74, 6) is 6.52. The molecule has 0 atom stereocenters. The van der Waals surface area contributed by atoms with Crippen LogP contribution >= 0.6 is 11.6 Å². The molecule has 0 unspecified atom stereocenters. The number of allylic oxidation sites excluding steroid dienone is 2. The van der Waals surface area contributed by atoms with E-state index in [1.807, 2.05) is 19.1 Å². The molecule has 0 fully saturated rings. The van der Waals surface area contributed by atoms with Gasteiger partial charge < -0.3 is 4.74 Å². The standard InChI is InChI=1S/C10H15ClO/c1-2-12-10-8-6-4-3-5-7-9-11/h5,7H,2-4,9-10H2,1H3/b7-5+. The van der Waals surface area contributed by atoms with Crippen molar-refractivity contribution in [3.63, 3.8) is 0 Å². The predicted octanol–water partition coefficient (Wildman–Crippen LogP) is 2.60. The van der Waals surface area contributed by atoms with Gasteiger partial charge in [0.25, 0.3) is 0 Å². The Morgan fingerprint density at radius 1 is 1.33 bits per heavy atom. The molecule has 0 aliphatic rings. The van der Waals surface area contributed by atoms with E-state index in [1.54, 1.807) is 0 Å². The SMILES string of the molecule is CCOCC#CCC/C=C/CCl. The number of unbranched alkanes of at least 4 members (excludes halogenated alkanes) is 1. The molecule has 12 heavy (non-hydrogen) atoms. The molecule has 0 spiro atoms. The lowest BCUT2D eigenvalue weighted by Gasteiger charge is -1.88. The molecular formula is C10H15ClO. The summed E-state index contributed by atoms with van der Waals surface area (Å²) >= 11 is 5.44. The summed E-state index contributed by atoms with van der Waals surface area (Å²) in [5, 5.41) is 0. The number of halogens is 1. The number of alkyl halides is 1. The van der Waals surface area contributed by atoms with Crippen LogP contribution in [-0.2, 0) is 4.74 Å². The van der Waals surface area contributed by atoms with Gasteiger partial charge in [-0.2, -0.15) is 0 Å². The summed E-state index contributed by atoms with van der Waals surface area (Å²) in [6, 6.07) is 0. The fraction of sp³-hybridized carbons (Fsp3) is 0.600. The first kappa shape index (κ1) is 11.6. The Bertz CT molecular complexity index is 164. The van der Waals surface area contributed by atoms with E-state index < -0.39 is 0 Å². The third kappa shape index (κ3) is 9.55. The van der Waals surface area contributed by atoms with E-state index in [4.69, 9.17) is 16.3 Å². The van der Waals surface area contributed by atoms with Crippen molar-refractivity contribution in [2.75, 3.05) is 19.1 Å². The van der Waals surface area contributed by atoms with Crippen LogP contribution in [0.3, 0.4) is 0 Å². The molecule has 0 N–H and O–H groups in total. The van der Waals surface area contributed by atoms with Crippen molar-refractivity contribution in [1.29, 1.82) is 0 Å². The topological polar surface area (TPSA) is 9.23 Å². The van der Waals surface area contributed by atoms with Crippen molar-refractivity contribution in [3.8, 4) is 11.8 Å². The highest BCUT2D eigenvalue weighted by molar-refractivity contribution is 6.18. The Morgan fingerprint density at radius 3 is 2.83 bits per heavy atom. The summed E-state index contributed by atoms with van der Waals surface area (Å²) in [4.78, 5) is 0. The second-order valence-corrected chi connectivity index (χ2v) is 2.46. The molecular weight excluding hydrogens is 172 g/mol. The molecule has 0 amide bonds. The molecule has 0 aliphatic carbocycles. The lowest BCUT2D eigenvalue weighted by atomic mass is 10.3. The minimum Gasteiger partial charge on any atom is -0.369 e. The largest absolute Gasteiger partial charge is 0.369 e. The van der Waals surface area contributed by atoms with E-state index in [0.29, 0.717) is 12.5 Å². The summed E-state index contributed by atoms with van der Waals surface area (Å²) in [7, 11) is 0. The molecule has 0 saturated carbocycles. The second kappa shape index (κ2) is 10.6. The Balaban J connectivity index is 3.15. The fourth-order valence-corrected chi connectivity index (χ4v) is 0.755. The van der Waals surface area contributed by atoms with Crippen molar-refractivity contribution in [3.05, 3.63) is 12.2 Å². The Labute approximate surface area is 79.8 Å². The predicted molar refractivity (Wildman–Crippen MR) is 53.4 cm³/mol. The van der Waals surface area contributed by atoms with Gasteiger partial charge >= 0.3 is 0 Å². The van der Waals surface area contributed by atoms with Crippen LogP contribution in [0.2, 0.25) is 0 Å². The summed E-state index contributed by atoms with van der Waals surface area (Å²) < 4.78 is 5.05. The number of rotatable bonds is 5. The zero-order valence-corrected chi connectivity index (χ0v) is 8.23. The third-order valence-corrected chi connectivity index (χ3v) is 1.37. The van der Waals surface area contributed by atoms with Crippen LogP contribution in [0, 0.1) is 11.8 Å². The van der Waals surface area contributed by atoms with Gasteiger partial charge in [0.2, 0.25) is 0 Å². The zero-order chi connectivity index (χ0) is 9.07. The second-order valence-electron chi connectivity index (χ2n) is 2.16. The third-order valence-electron chi connectivity index (χ3n) is 1.20. The fourth-order valence-electron chi connectivity index (χ4n) is 0.629. The lowest BCUT2D eigenvalue weighted by Crippen LogP contribution is -1.88. The average Bonchev–Trinajstić information content (AvgIpc) is 2.10. The smallest absolute Gasteiger partial charge is 0.107 e. The molecule has 0 radical (unpaired) electrons. The van der Waals surface area contributed by atoms with Gasteiger partial charge in [0.1, 0.15) is 6.61 Å². The number of hydrogen-bond donors (Lipinski definition) is 0. The first-order valence-corrected chi connectivity index (χ1v) is 4.69. The van der Waals surface area contributed by atoms with Gasteiger partial charge in [0, 0.05) is 18.9 Å². The minimum absolute atomic E-state index is 0.551. The molecule has 0 aliphatic heterocycles. The van der Waals surface area contributed by atoms with Gasteiger partial charge in [0.05, 0.1) is 0 Å². The molecule has 0 aromatic rings. The van der Waals surface area contributed by atoms with E-state index in [2.05, 4.69) is 11.8 Å². The lowest BCUT2D eigenvalue weighted by molar-refractivity contribution is 0.182. The van der Waals surface area contributed by atoms with Crippen molar-refractivity contribution in [1.82, 2.24) is 0 Å². The van der Waals surface area contributed by atoms with Crippen LogP contribution in [0.1, 0.15) is 19.8 Å². The molecule has 1 nitrogen and oxygen atoms in total. The zero-order valence-electron chi connectivity index (χ0n) is 7.48. The van der Waals surface area contributed by atoms with Crippen LogP contribution in [0.15, 0.2) is 12.2 Å². The maximum absolute atomic E-state index is 5.44. The van der Waals surface area contributed by atoms with Crippen LogP contribution < -0.4 is 0 Å². The van der Waals surface area contributed by atoms with Gasteiger partial charge in [-0.25, -0.2) is 0 Å². The first-order valence-electron chi connectivity index (χ1n) is 4.16. The number of hydrogen-bond acceptors (Lipinski definition) is 1. The molecule has 0 aromatic heterocycles. The van der Waals surface area contributed by atoms with Crippen LogP contribution in [0.4, 0.5) is 0 Å². The highest BCUT2D eigenvalue weighted by atomic mass is 35.5. The normalized spacial score (nSPS) is 9.83.